The minimum absolute atomic E-state index is 0. The molecular weight excluding hydrogens is 172 g/mol. The largest absolute Gasteiger partial charge is 1.00 e. The predicted molar refractivity (Wildman–Crippen MR) is 49.0 cm³/mol. The van der Waals surface area contributed by atoms with E-state index >= 15 is 0 Å². The summed E-state index contributed by atoms with van der Waals surface area (Å²) in [7, 11) is 0. The molecule has 74 valence electrons. The van der Waals surface area contributed by atoms with Gasteiger partial charge < -0.3 is 18.1 Å². The number of quaternary nitrogens is 1. The van der Waals surface area contributed by atoms with Crippen LogP contribution in [0.4, 0.5) is 0 Å². The first-order valence-electron chi connectivity index (χ1n) is 4.48. The van der Waals surface area contributed by atoms with Gasteiger partial charge in [0.1, 0.15) is 6.17 Å². The zero-order valence-corrected chi connectivity index (χ0v) is 8.74. The third kappa shape index (κ3) is 9.95. The van der Waals surface area contributed by atoms with E-state index in [0.29, 0.717) is 6.17 Å². The van der Waals surface area contributed by atoms with Crippen LogP contribution in [0.3, 0.4) is 0 Å². The van der Waals surface area contributed by atoms with Crippen LogP contribution < -0.4 is 23.5 Å². The van der Waals surface area contributed by atoms with Gasteiger partial charge in [-0.2, -0.15) is 0 Å². The molecule has 3 heteroatoms. The van der Waals surface area contributed by atoms with Crippen molar-refractivity contribution < 1.29 is 18.1 Å². The molecule has 0 aliphatic heterocycles. The van der Waals surface area contributed by atoms with Gasteiger partial charge in [0, 0.05) is 13.0 Å². The fourth-order valence-corrected chi connectivity index (χ4v) is 0.993. The SMILES string of the molecule is C=CCNC([NH3+])CCCCC.[Cl-]. The third-order valence-corrected chi connectivity index (χ3v) is 1.71. The first-order chi connectivity index (χ1) is 5.31. The molecule has 0 aliphatic carbocycles. The summed E-state index contributed by atoms with van der Waals surface area (Å²) in [6.45, 7) is 6.73. The second-order valence-corrected chi connectivity index (χ2v) is 2.89. The van der Waals surface area contributed by atoms with Gasteiger partial charge in [-0.05, 0) is 6.42 Å². The van der Waals surface area contributed by atoms with Crippen LogP contribution in [0.1, 0.15) is 32.6 Å². The summed E-state index contributed by atoms with van der Waals surface area (Å²) in [5, 5.41) is 3.26. The Labute approximate surface area is 82.0 Å². The molecule has 0 aromatic carbocycles. The van der Waals surface area contributed by atoms with Crippen LogP contribution in [0, 0.1) is 0 Å². The van der Waals surface area contributed by atoms with Gasteiger partial charge in [-0.15, -0.1) is 6.58 Å². The van der Waals surface area contributed by atoms with Crippen LogP contribution in [-0.2, 0) is 0 Å². The van der Waals surface area contributed by atoms with Crippen LogP contribution in [-0.4, -0.2) is 12.7 Å². The van der Waals surface area contributed by atoms with Gasteiger partial charge in [-0.25, -0.2) is 0 Å². The number of hydrogen-bond acceptors (Lipinski definition) is 1. The van der Waals surface area contributed by atoms with Crippen molar-refractivity contribution in [3.8, 4) is 0 Å². The highest BCUT2D eigenvalue weighted by atomic mass is 35.5. The zero-order valence-electron chi connectivity index (χ0n) is 7.98. The first-order valence-corrected chi connectivity index (χ1v) is 4.48. The maximum absolute atomic E-state index is 3.99. The molecule has 12 heavy (non-hydrogen) atoms. The average Bonchev–Trinajstić information content (AvgIpc) is 2.01. The molecule has 0 rings (SSSR count). The van der Waals surface area contributed by atoms with E-state index in [0.717, 1.165) is 6.54 Å². The Bertz CT molecular complexity index is 96.5. The zero-order chi connectivity index (χ0) is 8.53. The summed E-state index contributed by atoms with van der Waals surface area (Å²) < 4.78 is 0. The summed E-state index contributed by atoms with van der Waals surface area (Å²) in [4.78, 5) is 0. The number of halogens is 1. The van der Waals surface area contributed by atoms with Crippen LogP contribution in [0.25, 0.3) is 0 Å². The van der Waals surface area contributed by atoms with Gasteiger partial charge in [0.2, 0.25) is 0 Å². The van der Waals surface area contributed by atoms with Crippen LogP contribution >= 0.6 is 0 Å². The molecule has 0 heterocycles. The first kappa shape index (κ1) is 14.5. The fraction of sp³-hybridized carbons (Fsp3) is 0.778. The van der Waals surface area contributed by atoms with Crippen molar-refractivity contribution >= 4 is 0 Å². The number of rotatable bonds is 7. The third-order valence-electron chi connectivity index (χ3n) is 1.71. The van der Waals surface area contributed by atoms with Gasteiger partial charge >= 0.3 is 0 Å². The molecule has 0 amide bonds. The van der Waals surface area contributed by atoms with Gasteiger partial charge in [0.15, 0.2) is 0 Å². The van der Waals surface area contributed by atoms with Crippen molar-refractivity contribution in [2.45, 2.75) is 38.8 Å². The fourth-order valence-electron chi connectivity index (χ4n) is 0.993. The average molecular weight is 193 g/mol. The standard InChI is InChI=1S/C9H20N2.ClH/c1-3-5-6-7-9(10)11-8-4-2;/h4,9,11H,2-3,5-8,10H2,1H3;1H. The Hall–Kier alpha value is -0.0500. The van der Waals surface area contributed by atoms with E-state index in [4.69, 9.17) is 0 Å². The summed E-state index contributed by atoms with van der Waals surface area (Å²) in [5.41, 5.74) is 3.99. The van der Waals surface area contributed by atoms with E-state index in [1.165, 1.54) is 25.7 Å². The Morgan fingerprint density at radius 1 is 1.50 bits per heavy atom. The molecule has 0 saturated carbocycles. The monoisotopic (exact) mass is 192 g/mol. The molecular formula is C9H21ClN2. The van der Waals surface area contributed by atoms with Crippen molar-refractivity contribution in [3.05, 3.63) is 12.7 Å². The lowest BCUT2D eigenvalue weighted by Gasteiger charge is -2.07. The summed E-state index contributed by atoms with van der Waals surface area (Å²) in [6.07, 6.45) is 7.35. The van der Waals surface area contributed by atoms with Crippen LogP contribution in [0.15, 0.2) is 12.7 Å². The van der Waals surface area contributed by atoms with Gasteiger partial charge in [0.05, 0.1) is 0 Å². The molecule has 1 atom stereocenters. The number of nitrogens with one attached hydrogen (secondary N) is 1. The highest BCUT2D eigenvalue weighted by Crippen LogP contribution is 1.98. The summed E-state index contributed by atoms with van der Waals surface area (Å²) >= 11 is 0. The van der Waals surface area contributed by atoms with E-state index in [9.17, 15) is 0 Å². The Balaban J connectivity index is 0. The molecule has 0 aromatic heterocycles. The molecule has 0 spiro atoms. The molecule has 0 fully saturated rings. The van der Waals surface area contributed by atoms with Crippen LogP contribution in [0.5, 0.6) is 0 Å². The van der Waals surface area contributed by atoms with Crippen molar-refractivity contribution in [3.63, 3.8) is 0 Å². The maximum atomic E-state index is 3.99. The normalized spacial score (nSPS) is 11.8. The minimum atomic E-state index is 0. The highest BCUT2D eigenvalue weighted by molar-refractivity contribution is 4.70. The lowest BCUT2D eigenvalue weighted by Crippen LogP contribution is -3.00. The van der Waals surface area contributed by atoms with Crippen molar-refractivity contribution in [2.24, 2.45) is 0 Å². The highest BCUT2D eigenvalue weighted by Gasteiger charge is 2.01. The Morgan fingerprint density at radius 2 is 2.17 bits per heavy atom. The second kappa shape index (κ2) is 11.0. The quantitative estimate of drug-likeness (QED) is 0.271. The lowest BCUT2D eigenvalue weighted by molar-refractivity contribution is -0.430. The molecule has 0 aliphatic rings. The molecule has 0 saturated heterocycles. The van der Waals surface area contributed by atoms with Gasteiger partial charge in [-0.3, -0.25) is 5.32 Å². The molecule has 1 unspecified atom stereocenters. The van der Waals surface area contributed by atoms with Gasteiger partial charge in [-0.1, -0.05) is 25.8 Å². The minimum Gasteiger partial charge on any atom is -1.00 e. The Kier molecular flexibility index (Phi) is 13.2. The topological polar surface area (TPSA) is 39.7 Å². The van der Waals surface area contributed by atoms with E-state index in [2.05, 4.69) is 24.6 Å². The maximum Gasteiger partial charge on any atom is 0.138 e. The van der Waals surface area contributed by atoms with E-state index < -0.39 is 0 Å². The van der Waals surface area contributed by atoms with E-state index in [1.54, 1.807) is 0 Å². The van der Waals surface area contributed by atoms with E-state index in [1.807, 2.05) is 6.08 Å². The Morgan fingerprint density at radius 3 is 2.67 bits per heavy atom. The number of unbranched alkanes of at least 4 members (excludes halogenated alkanes) is 2. The van der Waals surface area contributed by atoms with Crippen molar-refractivity contribution in [2.75, 3.05) is 6.54 Å². The second-order valence-electron chi connectivity index (χ2n) is 2.89. The summed E-state index contributed by atoms with van der Waals surface area (Å²) in [5.74, 6) is 0. The van der Waals surface area contributed by atoms with E-state index in [-0.39, 0.29) is 12.4 Å². The van der Waals surface area contributed by atoms with Crippen molar-refractivity contribution in [1.29, 1.82) is 0 Å². The van der Waals surface area contributed by atoms with Gasteiger partial charge in [0.25, 0.3) is 0 Å². The molecule has 4 N–H and O–H groups in total. The lowest BCUT2D eigenvalue weighted by atomic mass is 10.2. The molecule has 0 bridgehead atoms. The van der Waals surface area contributed by atoms with Crippen LogP contribution in [0.2, 0.25) is 0 Å². The molecule has 0 aromatic rings. The number of hydrogen-bond donors (Lipinski definition) is 2. The molecule has 2 nitrogen and oxygen atoms in total. The molecule has 0 radical (unpaired) electrons. The summed E-state index contributed by atoms with van der Waals surface area (Å²) in [6, 6.07) is 0. The smallest absolute Gasteiger partial charge is 0.138 e. The predicted octanol–water partition coefficient (Wildman–Crippen LogP) is -2.09. The van der Waals surface area contributed by atoms with Crippen molar-refractivity contribution in [1.82, 2.24) is 5.32 Å².